The van der Waals surface area contributed by atoms with Crippen molar-refractivity contribution in [1.82, 2.24) is 15.3 Å². The van der Waals surface area contributed by atoms with Crippen molar-refractivity contribution in [2.45, 2.75) is 25.4 Å². The van der Waals surface area contributed by atoms with E-state index in [1.807, 2.05) is 7.05 Å². The van der Waals surface area contributed by atoms with Gasteiger partial charge in [-0.3, -0.25) is 9.97 Å². The van der Waals surface area contributed by atoms with E-state index in [-0.39, 0.29) is 0 Å². The van der Waals surface area contributed by atoms with Crippen LogP contribution in [0.5, 0.6) is 0 Å². The molecule has 2 N–H and O–H groups in total. The van der Waals surface area contributed by atoms with E-state index in [1.54, 1.807) is 6.20 Å². The van der Waals surface area contributed by atoms with Crippen LogP contribution in [-0.2, 0) is 12.8 Å². The lowest BCUT2D eigenvalue weighted by Crippen LogP contribution is -2.18. The minimum Gasteiger partial charge on any atom is -0.385 e. The highest BCUT2D eigenvalue weighted by Crippen LogP contribution is 2.19. The zero-order valence-electron chi connectivity index (χ0n) is 8.32. The second kappa shape index (κ2) is 4.02. The average molecular weight is 193 g/mol. The largest absolute Gasteiger partial charge is 0.385 e. The fraction of sp³-hybridized carbons (Fsp3) is 0.600. The van der Waals surface area contributed by atoms with Crippen molar-refractivity contribution in [3.8, 4) is 0 Å². The Morgan fingerprint density at radius 1 is 1.50 bits per heavy atom. The third-order valence-corrected chi connectivity index (χ3v) is 2.52. The number of rotatable bonds is 3. The van der Waals surface area contributed by atoms with Gasteiger partial charge in [0, 0.05) is 6.54 Å². The van der Waals surface area contributed by atoms with Crippen LogP contribution in [0, 0.1) is 0 Å². The summed E-state index contributed by atoms with van der Waals surface area (Å²) in [5.74, 6) is 0. The molecule has 2 rings (SSSR count). The normalized spacial score (nSPS) is 16.7. The van der Waals surface area contributed by atoms with E-state index in [0.29, 0.717) is 12.2 Å². The van der Waals surface area contributed by atoms with E-state index < -0.39 is 6.10 Å². The van der Waals surface area contributed by atoms with Crippen LogP contribution in [0.1, 0.15) is 29.6 Å². The lowest BCUT2D eigenvalue weighted by atomic mass is 10.2. The fourth-order valence-electron chi connectivity index (χ4n) is 1.76. The first kappa shape index (κ1) is 9.55. The molecule has 0 aliphatic heterocycles. The third kappa shape index (κ3) is 1.76. The molecule has 0 aromatic carbocycles. The minimum absolute atomic E-state index is 0.521. The van der Waals surface area contributed by atoms with Gasteiger partial charge in [-0.15, -0.1) is 0 Å². The number of likely N-dealkylation sites (N-methyl/N-ethyl adjacent to an activating group) is 1. The Morgan fingerprint density at radius 3 is 3.07 bits per heavy atom. The van der Waals surface area contributed by atoms with Gasteiger partial charge in [-0.2, -0.15) is 0 Å². The molecule has 1 aliphatic carbocycles. The van der Waals surface area contributed by atoms with Crippen LogP contribution in [-0.4, -0.2) is 28.7 Å². The number of nitrogens with zero attached hydrogens (tertiary/aromatic N) is 2. The molecule has 1 aromatic rings. The van der Waals surface area contributed by atoms with Gasteiger partial charge in [0.15, 0.2) is 0 Å². The monoisotopic (exact) mass is 193 g/mol. The van der Waals surface area contributed by atoms with E-state index in [9.17, 15) is 5.11 Å². The molecule has 1 aliphatic rings. The van der Waals surface area contributed by atoms with Crippen molar-refractivity contribution in [1.29, 1.82) is 0 Å². The molecule has 4 nitrogen and oxygen atoms in total. The lowest BCUT2D eigenvalue weighted by Gasteiger charge is -2.09. The topological polar surface area (TPSA) is 58.0 Å². The first-order valence-electron chi connectivity index (χ1n) is 4.98. The summed E-state index contributed by atoms with van der Waals surface area (Å²) >= 11 is 0. The summed E-state index contributed by atoms with van der Waals surface area (Å²) in [7, 11) is 1.81. The Bertz CT molecular complexity index is 327. The van der Waals surface area contributed by atoms with Crippen LogP contribution in [0.4, 0.5) is 0 Å². The van der Waals surface area contributed by atoms with E-state index in [0.717, 1.165) is 30.7 Å². The van der Waals surface area contributed by atoms with Gasteiger partial charge in [-0.1, -0.05) is 0 Å². The van der Waals surface area contributed by atoms with Gasteiger partial charge < -0.3 is 10.4 Å². The highest BCUT2D eigenvalue weighted by atomic mass is 16.3. The second-order valence-electron chi connectivity index (χ2n) is 3.62. The van der Waals surface area contributed by atoms with E-state index in [2.05, 4.69) is 15.3 Å². The number of hydrogen-bond acceptors (Lipinski definition) is 4. The molecular weight excluding hydrogens is 178 g/mol. The van der Waals surface area contributed by atoms with Crippen LogP contribution in [0.25, 0.3) is 0 Å². The van der Waals surface area contributed by atoms with Gasteiger partial charge in [0.05, 0.1) is 23.3 Å². The smallest absolute Gasteiger partial charge is 0.110 e. The van der Waals surface area contributed by atoms with Crippen molar-refractivity contribution in [3.63, 3.8) is 0 Å². The van der Waals surface area contributed by atoms with Gasteiger partial charge in [-0.25, -0.2) is 0 Å². The molecule has 1 atom stereocenters. The second-order valence-corrected chi connectivity index (χ2v) is 3.62. The summed E-state index contributed by atoms with van der Waals surface area (Å²) in [6, 6.07) is 0. The SMILES string of the molecule is CNCC(O)c1cnc2c(n1)CCC2. The Morgan fingerprint density at radius 2 is 2.29 bits per heavy atom. The van der Waals surface area contributed by atoms with Crippen LogP contribution < -0.4 is 5.32 Å². The van der Waals surface area contributed by atoms with Crippen molar-refractivity contribution in [3.05, 3.63) is 23.3 Å². The maximum absolute atomic E-state index is 9.69. The van der Waals surface area contributed by atoms with Gasteiger partial charge >= 0.3 is 0 Å². The first-order valence-corrected chi connectivity index (χ1v) is 4.98. The van der Waals surface area contributed by atoms with Crippen molar-refractivity contribution < 1.29 is 5.11 Å². The summed E-state index contributed by atoms with van der Waals surface area (Å²) in [4.78, 5) is 8.73. The maximum Gasteiger partial charge on any atom is 0.110 e. The zero-order valence-corrected chi connectivity index (χ0v) is 8.32. The number of aliphatic hydroxyl groups excluding tert-OH is 1. The lowest BCUT2D eigenvalue weighted by molar-refractivity contribution is 0.172. The predicted molar refractivity (Wildman–Crippen MR) is 52.9 cm³/mol. The molecule has 0 radical (unpaired) electrons. The van der Waals surface area contributed by atoms with Crippen LogP contribution >= 0.6 is 0 Å². The molecule has 0 bridgehead atoms. The Hall–Kier alpha value is -1.00. The number of fused-ring (bicyclic) bond motifs is 1. The Labute approximate surface area is 83.4 Å². The van der Waals surface area contributed by atoms with Crippen LogP contribution in [0.2, 0.25) is 0 Å². The van der Waals surface area contributed by atoms with Gasteiger partial charge in [0.1, 0.15) is 6.10 Å². The van der Waals surface area contributed by atoms with Gasteiger partial charge in [0.25, 0.3) is 0 Å². The minimum atomic E-state index is -0.543. The van der Waals surface area contributed by atoms with Gasteiger partial charge in [-0.05, 0) is 26.3 Å². The summed E-state index contributed by atoms with van der Waals surface area (Å²) < 4.78 is 0. The van der Waals surface area contributed by atoms with Crippen molar-refractivity contribution >= 4 is 0 Å². The standard InChI is InChI=1S/C10H15N3O/c1-11-6-10(14)9-5-12-7-3-2-4-8(7)13-9/h5,10-11,14H,2-4,6H2,1H3. The summed E-state index contributed by atoms with van der Waals surface area (Å²) in [6.45, 7) is 0.521. The number of nitrogens with one attached hydrogen (secondary N) is 1. The van der Waals surface area contributed by atoms with E-state index >= 15 is 0 Å². The Balaban J connectivity index is 2.19. The third-order valence-electron chi connectivity index (χ3n) is 2.52. The number of aromatic nitrogens is 2. The number of aliphatic hydroxyl groups is 1. The molecule has 1 heterocycles. The molecule has 0 amide bonds. The van der Waals surface area contributed by atoms with E-state index in [1.165, 1.54) is 0 Å². The zero-order chi connectivity index (χ0) is 9.97. The predicted octanol–water partition coefficient (Wildman–Crippen LogP) is 0.218. The molecule has 1 aromatic heterocycles. The first-order chi connectivity index (χ1) is 6.81. The summed E-state index contributed by atoms with van der Waals surface area (Å²) in [5.41, 5.74) is 2.85. The van der Waals surface area contributed by atoms with Crippen LogP contribution in [0.3, 0.4) is 0 Å². The number of hydrogen-bond donors (Lipinski definition) is 2. The van der Waals surface area contributed by atoms with Gasteiger partial charge in [0.2, 0.25) is 0 Å². The highest BCUT2D eigenvalue weighted by molar-refractivity contribution is 5.19. The summed E-state index contributed by atoms with van der Waals surface area (Å²) in [6.07, 6.45) is 4.32. The highest BCUT2D eigenvalue weighted by Gasteiger charge is 2.16. The average Bonchev–Trinajstić information content (AvgIpc) is 2.64. The molecule has 76 valence electrons. The quantitative estimate of drug-likeness (QED) is 0.721. The molecular formula is C10H15N3O. The van der Waals surface area contributed by atoms with Crippen molar-refractivity contribution in [2.24, 2.45) is 0 Å². The molecule has 1 unspecified atom stereocenters. The maximum atomic E-state index is 9.69. The van der Waals surface area contributed by atoms with E-state index in [4.69, 9.17) is 0 Å². The molecule has 0 saturated carbocycles. The Kier molecular flexibility index (Phi) is 2.74. The van der Waals surface area contributed by atoms with Crippen molar-refractivity contribution in [2.75, 3.05) is 13.6 Å². The fourth-order valence-corrected chi connectivity index (χ4v) is 1.76. The number of aryl methyl sites for hydroxylation is 2. The molecule has 0 fully saturated rings. The molecule has 0 saturated heterocycles. The summed E-state index contributed by atoms with van der Waals surface area (Å²) in [5, 5.41) is 12.6. The van der Waals surface area contributed by atoms with Crippen LogP contribution in [0.15, 0.2) is 6.20 Å². The molecule has 14 heavy (non-hydrogen) atoms. The molecule has 0 spiro atoms. The molecule has 4 heteroatoms.